The Morgan fingerprint density at radius 2 is 1.85 bits per heavy atom. The van der Waals surface area contributed by atoms with Crippen molar-refractivity contribution in [2.24, 2.45) is 5.41 Å². The van der Waals surface area contributed by atoms with Crippen LogP contribution in [0.2, 0.25) is 0 Å². The van der Waals surface area contributed by atoms with Crippen molar-refractivity contribution in [3.63, 3.8) is 0 Å². The van der Waals surface area contributed by atoms with Crippen LogP contribution in [0.3, 0.4) is 0 Å². The fourth-order valence-electron chi connectivity index (χ4n) is 4.37. The average molecular weight is 464 g/mol. The molecular formula is C26H29N3O5. The van der Waals surface area contributed by atoms with Crippen molar-refractivity contribution in [3.05, 3.63) is 71.4 Å². The van der Waals surface area contributed by atoms with E-state index in [0.29, 0.717) is 56.9 Å². The summed E-state index contributed by atoms with van der Waals surface area (Å²) in [5.74, 6) is 0.00788. The summed E-state index contributed by atoms with van der Waals surface area (Å²) in [5, 5.41) is 13.0. The van der Waals surface area contributed by atoms with Crippen LogP contribution in [0.15, 0.2) is 54.6 Å². The van der Waals surface area contributed by atoms with E-state index in [4.69, 9.17) is 14.7 Å². The first kappa shape index (κ1) is 23.7. The Morgan fingerprint density at radius 3 is 2.59 bits per heavy atom. The van der Waals surface area contributed by atoms with E-state index in [0.717, 1.165) is 22.2 Å². The molecule has 1 saturated heterocycles. The zero-order valence-corrected chi connectivity index (χ0v) is 19.2. The quantitative estimate of drug-likeness (QED) is 0.348. The zero-order chi connectivity index (χ0) is 24.0. The number of nitrogens with zero attached hydrogens (tertiary/aromatic N) is 1. The molecule has 178 valence electrons. The van der Waals surface area contributed by atoms with Crippen LogP contribution in [-0.4, -0.2) is 41.8 Å². The number of hydroxylamine groups is 1. The van der Waals surface area contributed by atoms with Crippen LogP contribution >= 0.6 is 0 Å². The Morgan fingerprint density at radius 1 is 1.12 bits per heavy atom. The summed E-state index contributed by atoms with van der Waals surface area (Å²) in [4.78, 5) is 29.3. The Hall–Kier alpha value is -3.49. The third kappa shape index (κ3) is 5.35. The van der Waals surface area contributed by atoms with E-state index in [-0.39, 0.29) is 5.91 Å². The number of pyridine rings is 1. The van der Waals surface area contributed by atoms with E-state index in [1.165, 1.54) is 0 Å². The van der Waals surface area contributed by atoms with Gasteiger partial charge in [0.05, 0.1) is 10.9 Å². The zero-order valence-electron chi connectivity index (χ0n) is 19.2. The molecule has 8 nitrogen and oxygen atoms in total. The van der Waals surface area contributed by atoms with E-state index in [2.05, 4.69) is 10.3 Å². The highest BCUT2D eigenvalue weighted by Crippen LogP contribution is 2.34. The van der Waals surface area contributed by atoms with Crippen LogP contribution in [0.1, 0.15) is 40.9 Å². The first-order valence-electron chi connectivity index (χ1n) is 11.4. The van der Waals surface area contributed by atoms with E-state index in [9.17, 15) is 9.59 Å². The number of ether oxygens (including phenoxy) is 2. The van der Waals surface area contributed by atoms with Gasteiger partial charge in [0.15, 0.2) is 0 Å². The lowest BCUT2D eigenvalue weighted by Crippen LogP contribution is -2.45. The second-order valence-corrected chi connectivity index (χ2v) is 8.59. The number of aryl methyl sites for hydroxylation is 1. The fourth-order valence-corrected chi connectivity index (χ4v) is 4.37. The molecule has 0 unspecified atom stereocenters. The molecule has 1 fully saturated rings. The number of aromatic nitrogens is 1. The molecule has 34 heavy (non-hydrogen) atoms. The molecule has 1 aliphatic rings. The largest absolute Gasteiger partial charge is 0.489 e. The van der Waals surface area contributed by atoms with Gasteiger partial charge >= 0.3 is 0 Å². The molecule has 1 aliphatic heterocycles. The first-order valence-corrected chi connectivity index (χ1v) is 11.4. The van der Waals surface area contributed by atoms with Crippen molar-refractivity contribution in [1.29, 1.82) is 0 Å². The third-order valence-corrected chi connectivity index (χ3v) is 6.36. The van der Waals surface area contributed by atoms with Gasteiger partial charge in [-0.1, -0.05) is 18.2 Å². The van der Waals surface area contributed by atoms with Crippen molar-refractivity contribution in [2.75, 3.05) is 19.8 Å². The highest BCUT2D eigenvalue weighted by atomic mass is 16.5. The molecule has 2 amide bonds. The van der Waals surface area contributed by atoms with Gasteiger partial charge in [-0.05, 0) is 62.6 Å². The minimum atomic E-state index is -0.729. The predicted molar refractivity (Wildman–Crippen MR) is 127 cm³/mol. The molecule has 8 heteroatoms. The minimum absolute atomic E-state index is 0.228. The topological polar surface area (TPSA) is 110 Å². The molecule has 0 spiro atoms. The van der Waals surface area contributed by atoms with Crippen LogP contribution < -0.4 is 15.5 Å². The molecular weight excluding hydrogens is 434 g/mol. The Bertz CT molecular complexity index is 1160. The Kier molecular flexibility index (Phi) is 7.40. The highest BCUT2D eigenvalue weighted by Gasteiger charge is 2.39. The van der Waals surface area contributed by atoms with Gasteiger partial charge in [0.1, 0.15) is 12.4 Å². The number of nitrogens with one attached hydrogen (secondary N) is 2. The highest BCUT2D eigenvalue weighted by molar-refractivity contribution is 5.94. The first-order chi connectivity index (χ1) is 16.5. The van der Waals surface area contributed by atoms with Crippen molar-refractivity contribution in [2.45, 2.75) is 32.8 Å². The molecule has 0 aliphatic carbocycles. The van der Waals surface area contributed by atoms with Crippen molar-refractivity contribution in [3.8, 4) is 5.75 Å². The number of para-hydroxylation sites is 1. The van der Waals surface area contributed by atoms with Gasteiger partial charge in [0.25, 0.3) is 5.91 Å². The van der Waals surface area contributed by atoms with E-state index < -0.39 is 11.3 Å². The van der Waals surface area contributed by atoms with Gasteiger partial charge in [-0.25, -0.2) is 5.48 Å². The van der Waals surface area contributed by atoms with Crippen molar-refractivity contribution in [1.82, 2.24) is 15.8 Å². The fraction of sp³-hybridized carbons (Fsp3) is 0.346. The molecule has 3 aromatic rings. The second kappa shape index (κ2) is 10.6. The Labute approximate surface area is 198 Å². The van der Waals surface area contributed by atoms with Gasteiger partial charge in [-0.2, -0.15) is 0 Å². The van der Waals surface area contributed by atoms with Gasteiger partial charge in [0, 0.05) is 42.0 Å². The summed E-state index contributed by atoms with van der Waals surface area (Å²) in [7, 11) is 0. The van der Waals surface area contributed by atoms with Crippen LogP contribution in [0, 0.1) is 12.3 Å². The van der Waals surface area contributed by atoms with E-state index >= 15 is 0 Å². The maximum Gasteiger partial charge on any atom is 0.251 e. The summed E-state index contributed by atoms with van der Waals surface area (Å²) in [6, 6.07) is 16.9. The molecule has 1 aromatic heterocycles. The maximum absolute atomic E-state index is 12.6. The van der Waals surface area contributed by atoms with Crippen molar-refractivity contribution < 1.29 is 24.3 Å². The normalized spacial score (nSPS) is 15.0. The SMILES string of the molecule is Cc1cc(COc2ccc(C(=O)NCCC3(C(=O)NO)CCOCC3)cc2)c2ccccc2n1. The number of fused-ring (bicyclic) bond motifs is 1. The molecule has 0 bridgehead atoms. The number of hydrogen-bond acceptors (Lipinski definition) is 6. The van der Waals surface area contributed by atoms with E-state index in [1.807, 2.05) is 37.3 Å². The lowest BCUT2D eigenvalue weighted by molar-refractivity contribution is -0.146. The van der Waals surface area contributed by atoms with Crippen LogP contribution in [0.25, 0.3) is 10.9 Å². The van der Waals surface area contributed by atoms with Crippen molar-refractivity contribution >= 4 is 22.7 Å². The van der Waals surface area contributed by atoms with Gasteiger partial charge in [0.2, 0.25) is 5.91 Å². The summed E-state index contributed by atoms with van der Waals surface area (Å²) in [6.45, 7) is 3.59. The number of carbonyl (C=O) groups is 2. The summed E-state index contributed by atoms with van der Waals surface area (Å²) in [5.41, 5.74) is 4.46. The standard InChI is InChI=1S/C26H29N3O5/c1-18-16-20(22-4-2-3-5-23(22)28-18)17-34-21-8-6-19(7-9-21)24(30)27-13-10-26(25(31)29-32)11-14-33-15-12-26/h2-9,16,32H,10-15,17H2,1H3,(H,27,30)(H,29,31). The minimum Gasteiger partial charge on any atom is -0.489 e. The molecule has 0 atom stereocenters. The molecule has 3 N–H and O–H groups in total. The summed E-state index contributed by atoms with van der Waals surface area (Å²) >= 11 is 0. The lowest BCUT2D eigenvalue weighted by atomic mass is 9.76. The van der Waals surface area contributed by atoms with Crippen LogP contribution in [-0.2, 0) is 16.1 Å². The number of carbonyl (C=O) groups excluding carboxylic acids is 2. The van der Waals surface area contributed by atoms with Gasteiger partial charge in [-0.15, -0.1) is 0 Å². The predicted octanol–water partition coefficient (Wildman–Crippen LogP) is 3.54. The average Bonchev–Trinajstić information content (AvgIpc) is 2.87. The van der Waals surface area contributed by atoms with Crippen LogP contribution in [0.4, 0.5) is 0 Å². The van der Waals surface area contributed by atoms with E-state index in [1.54, 1.807) is 29.7 Å². The second-order valence-electron chi connectivity index (χ2n) is 8.59. The molecule has 2 heterocycles. The molecule has 0 saturated carbocycles. The van der Waals surface area contributed by atoms with Gasteiger partial charge < -0.3 is 14.8 Å². The van der Waals surface area contributed by atoms with Crippen LogP contribution in [0.5, 0.6) is 5.75 Å². The number of hydrogen-bond donors (Lipinski definition) is 3. The smallest absolute Gasteiger partial charge is 0.251 e. The molecule has 4 rings (SSSR count). The number of rotatable bonds is 8. The summed E-state index contributed by atoms with van der Waals surface area (Å²) < 4.78 is 11.3. The monoisotopic (exact) mass is 463 g/mol. The maximum atomic E-state index is 12.6. The summed E-state index contributed by atoms with van der Waals surface area (Å²) in [6.07, 6.45) is 1.44. The number of amides is 2. The lowest BCUT2D eigenvalue weighted by Gasteiger charge is -2.34. The Balaban J connectivity index is 1.33. The molecule has 0 radical (unpaired) electrons. The third-order valence-electron chi connectivity index (χ3n) is 6.36. The van der Waals surface area contributed by atoms with Gasteiger partial charge in [-0.3, -0.25) is 19.8 Å². The molecule has 2 aromatic carbocycles. The number of benzene rings is 2.